The number of nitrogens with one attached hydrogen (secondary N) is 1. The zero-order valence-electron chi connectivity index (χ0n) is 14.6. The van der Waals surface area contributed by atoms with Crippen LogP contribution in [-0.2, 0) is 17.8 Å². The highest BCUT2D eigenvalue weighted by molar-refractivity contribution is 5.79. The van der Waals surface area contributed by atoms with E-state index >= 15 is 0 Å². The van der Waals surface area contributed by atoms with Gasteiger partial charge in [0.1, 0.15) is 0 Å². The van der Waals surface area contributed by atoms with E-state index in [1.165, 1.54) is 11.1 Å². The molecule has 0 spiro atoms. The summed E-state index contributed by atoms with van der Waals surface area (Å²) in [5.41, 5.74) is 2.88. The maximum absolute atomic E-state index is 12.1. The van der Waals surface area contributed by atoms with Crippen molar-refractivity contribution < 1.29 is 4.79 Å². The molecule has 1 atom stereocenters. The molecule has 0 aromatic heterocycles. The Bertz CT molecular complexity index is 631. The van der Waals surface area contributed by atoms with Crippen LogP contribution in [0.1, 0.15) is 24.0 Å². The van der Waals surface area contributed by atoms with Gasteiger partial charge < -0.3 is 10.2 Å². The minimum atomic E-state index is 0.129. The van der Waals surface area contributed by atoms with Crippen molar-refractivity contribution in [3.63, 3.8) is 0 Å². The zero-order valence-corrected chi connectivity index (χ0v) is 14.6. The number of hydrogen-bond donors (Lipinski definition) is 1. The fraction of sp³-hybridized carbons (Fsp3) is 0.550. The van der Waals surface area contributed by atoms with Crippen molar-refractivity contribution in [2.24, 2.45) is 5.92 Å². The van der Waals surface area contributed by atoms with Crippen LogP contribution in [-0.4, -0.2) is 55.5 Å². The molecule has 3 rings (SSSR count). The Hall–Kier alpha value is -1.83. The summed E-state index contributed by atoms with van der Waals surface area (Å²) in [5, 5.41) is 2.97. The third-order valence-corrected chi connectivity index (χ3v) is 4.98. The Labute approximate surface area is 145 Å². The van der Waals surface area contributed by atoms with E-state index in [-0.39, 0.29) is 11.8 Å². The summed E-state index contributed by atoms with van der Waals surface area (Å²) < 4.78 is 0. The van der Waals surface area contributed by atoms with Gasteiger partial charge >= 0.3 is 0 Å². The lowest BCUT2D eigenvalue weighted by atomic mass is 9.98. The lowest BCUT2D eigenvalue weighted by molar-refractivity contribution is -0.126. The first-order valence-electron chi connectivity index (χ1n) is 8.93. The third kappa shape index (κ3) is 4.59. The third-order valence-electron chi connectivity index (χ3n) is 4.98. The van der Waals surface area contributed by atoms with Crippen molar-refractivity contribution in [1.82, 2.24) is 15.1 Å². The summed E-state index contributed by atoms with van der Waals surface area (Å²) in [6, 6.07) is 8.64. The molecule has 4 nitrogen and oxygen atoms in total. The van der Waals surface area contributed by atoms with Gasteiger partial charge in [0, 0.05) is 19.6 Å². The van der Waals surface area contributed by atoms with Crippen molar-refractivity contribution in [2.75, 3.05) is 39.8 Å². The second-order valence-electron chi connectivity index (χ2n) is 6.90. The van der Waals surface area contributed by atoms with E-state index < -0.39 is 0 Å². The molecule has 1 aromatic carbocycles. The van der Waals surface area contributed by atoms with Crippen LogP contribution in [0.5, 0.6) is 0 Å². The molecule has 1 N–H and O–H groups in total. The molecule has 0 radical (unpaired) electrons. The second-order valence-corrected chi connectivity index (χ2v) is 6.90. The molecule has 1 amide bonds. The number of carbonyl (C=O) groups excluding carboxylic acids is 1. The average Bonchev–Trinajstić information content (AvgIpc) is 2.61. The number of benzene rings is 1. The SMILES string of the molecule is CN1CCCC(C(=O)NCC#CCN2CCc3ccccc3C2)C1. The van der Waals surface area contributed by atoms with Gasteiger partial charge in [0.2, 0.25) is 5.91 Å². The number of hydrogen-bond acceptors (Lipinski definition) is 3. The number of rotatable bonds is 3. The van der Waals surface area contributed by atoms with Crippen LogP contribution in [0, 0.1) is 17.8 Å². The Morgan fingerprint density at radius 2 is 2.08 bits per heavy atom. The summed E-state index contributed by atoms with van der Waals surface area (Å²) in [5.74, 6) is 6.59. The Kier molecular flexibility index (Phi) is 5.90. The molecule has 1 unspecified atom stereocenters. The summed E-state index contributed by atoms with van der Waals surface area (Å²) in [4.78, 5) is 16.7. The van der Waals surface area contributed by atoms with Gasteiger partial charge in [-0.3, -0.25) is 9.69 Å². The second kappa shape index (κ2) is 8.32. The van der Waals surface area contributed by atoms with Crippen LogP contribution in [0.2, 0.25) is 0 Å². The first-order chi connectivity index (χ1) is 11.7. The maximum Gasteiger partial charge on any atom is 0.225 e. The van der Waals surface area contributed by atoms with Gasteiger partial charge in [-0.1, -0.05) is 36.1 Å². The van der Waals surface area contributed by atoms with Gasteiger partial charge in [-0.15, -0.1) is 0 Å². The summed E-state index contributed by atoms with van der Waals surface area (Å²) in [7, 11) is 2.08. The molecular formula is C20H27N3O. The van der Waals surface area contributed by atoms with E-state index in [0.29, 0.717) is 6.54 Å². The summed E-state index contributed by atoms with van der Waals surface area (Å²) in [6.07, 6.45) is 3.21. The predicted octanol–water partition coefficient (Wildman–Crippen LogP) is 1.51. The van der Waals surface area contributed by atoms with Crippen molar-refractivity contribution in [1.29, 1.82) is 0 Å². The average molecular weight is 325 g/mol. The molecule has 2 heterocycles. The first kappa shape index (κ1) is 17.0. The fourth-order valence-corrected chi connectivity index (χ4v) is 3.58. The molecule has 2 aliphatic heterocycles. The van der Waals surface area contributed by atoms with Crippen molar-refractivity contribution in [2.45, 2.75) is 25.8 Å². The topological polar surface area (TPSA) is 35.6 Å². The lowest BCUT2D eigenvalue weighted by Gasteiger charge is -2.28. The van der Waals surface area contributed by atoms with Gasteiger partial charge in [-0.25, -0.2) is 0 Å². The molecular weight excluding hydrogens is 298 g/mol. The van der Waals surface area contributed by atoms with E-state index in [1.807, 2.05) is 0 Å². The normalized spacial score (nSPS) is 21.5. The van der Waals surface area contributed by atoms with E-state index in [9.17, 15) is 4.79 Å². The van der Waals surface area contributed by atoms with Crippen molar-refractivity contribution in [3.05, 3.63) is 35.4 Å². The Morgan fingerprint density at radius 3 is 2.92 bits per heavy atom. The quantitative estimate of drug-likeness (QED) is 0.856. The molecule has 128 valence electrons. The minimum absolute atomic E-state index is 0.129. The molecule has 4 heteroatoms. The number of fused-ring (bicyclic) bond motifs is 1. The largest absolute Gasteiger partial charge is 0.345 e. The van der Waals surface area contributed by atoms with Crippen LogP contribution < -0.4 is 5.32 Å². The van der Waals surface area contributed by atoms with Crippen LogP contribution in [0.3, 0.4) is 0 Å². The minimum Gasteiger partial charge on any atom is -0.345 e. The smallest absolute Gasteiger partial charge is 0.225 e. The predicted molar refractivity (Wildman–Crippen MR) is 96.4 cm³/mol. The monoisotopic (exact) mass is 325 g/mol. The molecule has 1 saturated heterocycles. The maximum atomic E-state index is 12.1. The standard InChI is InChI=1S/C20H27N3O/c1-22-12-6-9-19(15-22)20(24)21-11-4-5-13-23-14-10-17-7-2-3-8-18(17)16-23/h2-3,7-8,19H,6,9-16H2,1H3,(H,21,24). The van der Waals surface area contributed by atoms with Crippen molar-refractivity contribution in [3.8, 4) is 11.8 Å². The Morgan fingerprint density at radius 1 is 1.25 bits per heavy atom. The van der Waals surface area contributed by atoms with Crippen LogP contribution in [0.4, 0.5) is 0 Å². The highest BCUT2D eigenvalue weighted by Crippen LogP contribution is 2.17. The summed E-state index contributed by atoms with van der Waals surface area (Å²) in [6.45, 7) is 5.24. The molecule has 1 aromatic rings. The van der Waals surface area contributed by atoms with Crippen LogP contribution in [0.15, 0.2) is 24.3 Å². The number of nitrogens with zero attached hydrogens (tertiary/aromatic N) is 2. The first-order valence-corrected chi connectivity index (χ1v) is 8.93. The molecule has 1 fully saturated rings. The fourth-order valence-electron chi connectivity index (χ4n) is 3.58. The number of amides is 1. The molecule has 0 bridgehead atoms. The van der Waals surface area contributed by atoms with E-state index in [0.717, 1.165) is 52.0 Å². The van der Waals surface area contributed by atoms with Gasteiger partial charge in [-0.2, -0.15) is 0 Å². The van der Waals surface area contributed by atoms with Gasteiger partial charge in [0.25, 0.3) is 0 Å². The van der Waals surface area contributed by atoms with Gasteiger partial charge in [0.05, 0.1) is 19.0 Å². The van der Waals surface area contributed by atoms with Crippen LogP contribution >= 0.6 is 0 Å². The van der Waals surface area contributed by atoms with Gasteiger partial charge in [0.15, 0.2) is 0 Å². The molecule has 2 aliphatic rings. The Balaban J connectivity index is 1.38. The highest BCUT2D eigenvalue weighted by Gasteiger charge is 2.23. The molecule has 24 heavy (non-hydrogen) atoms. The van der Waals surface area contributed by atoms with E-state index in [1.54, 1.807) is 0 Å². The van der Waals surface area contributed by atoms with Crippen molar-refractivity contribution >= 4 is 5.91 Å². The number of carbonyl (C=O) groups is 1. The summed E-state index contributed by atoms with van der Waals surface area (Å²) >= 11 is 0. The molecule has 0 saturated carbocycles. The number of piperidine rings is 1. The molecule has 0 aliphatic carbocycles. The van der Waals surface area contributed by atoms with Gasteiger partial charge in [-0.05, 0) is 44.0 Å². The zero-order chi connectivity index (χ0) is 16.8. The number of likely N-dealkylation sites (tertiary alicyclic amines) is 1. The highest BCUT2D eigenvalue weighted by atomic mass is 16.1. The van der Waals surface area contributed by atoms with E-state index in [4.69, 9.17) is 0 Å². The van der Waals surface area contributed by atoms with Crippen LogP contribution in [0.25, 0.3) is 0 Å². The van der Waals surface area contributed by atoms with E-state index in [2.05, 4.69) is 58.3 Å². The lowest BCUT2D eigenvalue weighted by Crippen LogP contribution is -2.41.